The van der Waals surface area contributed by atoms with E-state index in [9.17, 15) is 4.79 Å². The van der Waals surface area contributed by atoms with E-state index in [1.165, 1.54) is 21.3 Å². The van der Waals surface area contributed by atoms with Crippen LogP contribution in [0.5, 0.6) is 17.2 Å². The molecule has 4 aromatic rings. The largest absolute Gasteiger partial charge is 0.493 e. The number of aromatic nitrogens is 3. The van der Waals surface area contributed by atoms with Crippen LogP contribution in [-0.4, -0.2) is 42.5 Å². The Balaban J connectivity index is 1.49. The molecular formula is C22H18ClN3O6. The normalized spacial score (nSPS) is 10.8. The average molecular weight is 456 g/mol. The summed E-state index contributed by atoms with van der Waals surface area (Å²) < 4.78 is 26.9. The van der Waals surface area contributed by atoms with Gasteiger partial charge in [-0.3, -0.25) is 0 Å². The summed E-state index contributed by atoms with van der Waals surface area (Å²) in [5, 5.41) is 9.10. The van der Waals surface area contributed by atoms with Crippen LogP contribution in [0.4, 0.5) is 0 Å². The third-order valence-electron chi connectivity index (χ3n) is 4.60. The van der Waals surface area contributed by atoms with Gasteiger partial charge in [0.25, 0.3) is 5.89 Å². The maximum Gasteiger partial charge on any atom is 0.338 e. The fourth-order valence-corrected chi connectivity index (χ4v) is 3.23. The third-order valence-corrected chi connectivity index (χ3v) is 4.81. The van der Waals surface area contributed by atoms with Gasteiger partial charge in [0.15, 0.2) is 18.1 Å². The number of hydrogen-bond acceptors (Lipinski definition) is 9. The predicted molar refractivity (Wildman–Crippen MR) is 115 cm³/mol. The monoisotopic (exact) mass is 455 g/mol. The Morgan fingerprint density at radius 2 is 1.72 bits per heavy atom. The van der Waals surface area contributed by atoms with Gasteiger partial charge in [-0.1, -0.05) is 11.6 Å². The molecule has 0 aliphatic rings. The molecule has 10 heteroatoms. The van der Waals surface area contributed by atoms with Crippen molar-refractivity contribution in [2.75, 3.05) is 21.3 Å². The maximum absolute atomic E-state index is 12.4. The molecule has 0 unspecified atom stereocenters. The molecular weight excluding hydrogens is 438 g/mol. The second-order valence-electron chi connectivity index (χ2n) is 6.53. The van der Waals surface area contributed by atoms with Crippen LogP contribution in [0.25, 0.3) is 22.4 Å². The number of esters is 1. The molecule has 32 heavy (non-hydrogen) atoms. The molecule has 0 N–H and O–H groups in total. The minimum atomic E-state index is -0.533. The lowest BCUT2D eigenvalue weighted by molar-refractivity contribution is 0.0439. The van der Waals surface area contributed by atoms with Crippen molar-refractivity contribution in [2.45, 2.75) is 6.61 Å². The van der Waals surface area contributed by atoms with Crippen LogP contribution >= 0.6 is 11.6 Å². The highest BCUT2D eigenvalue weighted by atomic mass is 35.5. The summed E-state index contributed by atoms with van der Waals surface area (Å²) in [5.74, 6) is 1.15. The number of halogens is 1. The second kappa shape index (κ2) is 9.11. The highest BCUT2D eigenvalue weighted by Gasteiger charge is 2.18. The van der Waals surface area contributed by atoms with E-state index in [1.54, 1.807) is 42.5 Å². The molecule has 4 rings (SSSR count). The standard InChI is InChI=1S/C22H18ClN3O6/c1-28-16-9-14(10-17(29-2)20(16)30-3)21-26-25-19(32-21)11-31-22(27)13-4-6-15-12(8-13)5-7-18(23)24-15/h4-10H,11H2,1-3H3. The highest BCUT2D eigenvalue weighted by molar-refractivity contribution is 6.29. The van der Waals surface area contributed by atoms with Crippen LogP contribution in [0.2, 0.25) is 5.15 Å². The van der Waals surface area contributed by atoms with Crippen molar-refractivity contribution in [1.29, 1.82) is 0 Å². The van der Waals surface area contributed by atoms with Crippen molar-refractivity contribution >= 4 is 28.5 Å². The fourth-order valence-electron chi connectivity index (χ4n) is 3.07. The Kier molecular flexibility index (Phi) is 6.09. The zero-order valence-electron chi connectivity index (χ0n) is 17.4. The topological polar surface area (TPSA) is 106 Å². The first-order chi connectivity index (χ1) is 15.5. The van der Waals surface area contributed by atoms with Gasteiger partial charge in [0.2, 0.25) is 11.6 Å². The molecule has 0 saturated carbocycles. The highest BCUT2D eigenvalue weighted by Crippen LogP contribution is 2.40. The minimum absolute atomic E-state index is 0.135. The van der Waals surface area contributed by atoms with Crippen molar-refractivity contribution in [3.05, 3.63) is 59.1 Å². The predicted octanol–water partition coefficient (Wildman–Crippen LogP) is 4.32. The zero-order chi connectivity index (χ0) is 22.7. The van der Waals surface area contributed by atoms with E-state index >= 15 is 0 Å². The summed E-state index contributed by atoms with van der Waals surface area (Å²) in [6.07, 6.45) is 0. The van der Waals surface area contributed by atoms with Gasteiger partial charge in [-0.15, -0.1) is 10.2 Å². The molecule has 2 aromatic heterocycles. The van der Waals surface area contributed by atoms with Crippen LogP contribution in [0.15, 0.2) is 46.9 Å². The molecule has 0 fully saturated rings. The number of carbonyl (C=O) groups excluding carboxylic acids is 1. The first-order valence-corrected chi connectivity index (χ1v) is 9.76. The molecule has 0 bridgehead atoms. The summed E-state index contributed by atoms with van der Waals surface area (Å²) in [7, 11) is 4.54. The molecule has 2 aromatic carbocycles. The molecule has 0 radical (unpaired) electrons. The van der Waals surface area contributed by atoms with Gasteiger partial charge in [0.1, 0.15) is 5.15 Å². The Morgan fingerprint density at radius 3 is 2.41 bits per heavy atom. The average Bonchev–Trinajstić information content (AvgIpc) is 3.30. The fraction of sp³-hybridized carbons (Fsp3) is 0.182. The van der Waals surface area contributed by atoms with Crippen molar-refractivity contribution in [1.82, 2.24) is 15.2 Å². The van der Waals surface area contributed by atoms with Crippen LogP contribution in [-0.2, 0) is 11.3 Å². The molecule has 0 aliphatic heterocycles. The lowest BCUT2D eigenvalue weighted by atomic mass is 10.1. The number of benzene rings is 2. The molecule has 2 heterocycles. The SMILES string of the molecule is COc1cc(-c2nnc(COC(=O)c3ccc4nc(Cl)ccc4c3)o2)cc(OC)c1OC. The van der Waals surface area contributed by atoms with Crippen LogP contribution < -0.4 is 14.2 Å². The van der Waals surface area contributed by atoms with Gasteiger partial charge in [0, 0.05) is 10.9 Å². The Labute approximate surface area is 187 Å². The number of pyridine rings is 1. The van der Waals surface area contributed by atoms with E-state index in [0.29, 0.717) is 39.0 Å². The molecule has 0 aliphatic carbocycles. The zero-order valence-corrected chi connectivity index (χ0v) is 18.2. The first-order valence-electron chi connectivity index (χ1n) is 9.38. The molecule has 0 atom stereocenters. The number of rotatable bonds is 7. The van der Waals surface area contributed by atoms with E-state index in [4.69, 9.17) is 35.0 Å². The second-order valence-corrected chi connectivity index (χ2v) is 6.92. The van der Waals surface area contributed by atoms with Gasteiger partial charge >= 0.3 is 5.97 Å². The number of nitrogens with zero attached hydrogens (tertiary/aromatic N) is 3. The smallest absolute Gasteiger partial charge is 0.338 e. The summed E-state index contributed by atoms with van der Waals surface area (Å²) in [6, 6.07) is 11.8. The number of methoxy groups -OCH3 is 3. The lowest BCUT2D eigenvalue weighted by Gasteiger charge is -2.12. The lowest BCUT2D eigenvalue weighted by Crippen LogP contribution is -2.05. The van der Waals surface area contributed by atoms with Crippen molar-refractivity contribution in [3.63, 3.8) is 0 Å². The number of carbonyl (C=O) groups is 1. The van der Waals surface area contributed by atoms with E-state index in [0.717, 1.165) is 5.39 Å². The van der Waals surface area contributed by atoms with Crippen LogP contribution in [0.3, 0.4) is 0 Å². The number of ether oxygens (including phenoxy) is 4. The van der Waals surface area contributed by atoms with Crippen LogP contribution in [0, 0.1) is 0 Å². The molecule has 164 valence electrons. The van der Waals surface area contributed by atoms with E-state index in [2.05, 4.69) is 15.2 Å². The Hall–Kier alpha value is -3.85. The van der Waals surface area contributed by atoms with Gasteiger partial charge in [-0.2, -0.15) is 0 Å². The third kappa shape index (κ3) is 4.28. The van der Waals surface area contributed by atoms with Gasteiger partial charge in [0.05, 0.1) is 32.4 Å². The quantitative estimate of drug-likeness (QED) is 0.297. The summed E-state index contributed by atoms with van der Waals surface area (Å²) in [4.78, 5) is 16.6. The summed E-state index contributed by atoms with van der Waals surface area (Å²) in [6.45, 7) is -0.187. The summed E-state index contributed by atoms with van der Waals surface area (Å²) in [5.41, 5.74) is 1.61. The van der Waals surface area contributed by atoms with Crippen molar-refractivity contribution < 1.29 is 28.2 Å². The Morgan fingerprint density at radius 1 is 0.969 bits per heavy atom. The Bertz CT molecular complexity index is 1260. The van der Waals surface area contributed by atoms with Crippen LogP contribution in [0.1, 0.15) is 16.2 Å². The molecule has 9 nitrogen and oxygen atoms in total. The van der Waals surface area contributed by atoms with E-state index < -0.39 is 5.97 Å². The minimum Gasteiger partial charge on any atom is -0.493 e. The van der Waals surface area contributed by atoms with E-state index in [1.807, 2.05) is 0 Å². The number of hydrogen-bond donors (Lipinski definition) is 0. The van der Waals surface area contributed by atoms with Crippen molar-refractivity contribution in [2.24, 2.45) is 0 Å². The van der Waals surface area contributed by atoms with Crippen molar-refractivity contribution in [3.8, 4) is 28.7 Å². The van der Waals surface area contributed by atoms with Gasteiger partial charge < -0.3 is 23.4 Å². The van der Waals surface area contributed by atoms with Gasteiger partial charge in [-0.05, 0) is 42.5 Å². The molecule has 0 saturated heterocycles. The first kappa shape index (κ1) is 21.4. The maximum atomic E-state index is 12.4. The molecule has 0 amide bonds. The number of fused-ring (bicyclic) bond motifs is 1. The van der Waals surface area contributed by atoms with Gasteiger partial charge in [-0.25, -0.2) is 9.78 Å². The van der Waals surface area contributed by atoms with E-state index in [-0.39, 0.29) is 18.4 Å². The summed E-state index contributed by atoms with van der Waals surface area (Å²) >= 11 is 5.89. The molecule has 0 spiro atoms.